The third-order valence-corrected chi connectivity index (χ3v) is 19.1. The van der Waals surface area contributed by atoms with Crippen LogP contribution in [0.2, 0.25) is 0 Å². The third kappa shape index (κ3) is 20.8. The van der Waals surface area contributed by atoms with E-state index in [4.69, 9.17) is 38.9 Å². The van der Waals surface area contributed by atoms with Crippen LogP contribution in [-0.2, 0) is 63.7 Å². The van der Waals surface area contributed by atoms with Crippen LogP contribution in [0, 0.1) is 29.6 Å². The first-order valence-corrected chi connectivity index (χ1v) is 33.7. The molecule has 2 aromatic rings. The van der Waals surface area contributed by atoms with Crippen molar-refractivity contribution in [3.05, 3.63) is 83.5 Å². The van der Waals surface area contributed by atoms with Gasteiger partial charge in [-0.3, -0.25) is 24.0 Å². The molecule has 0 radical (unpaired) electrons. The van der Waals surface area contributed by atoms with Crippen LogP contribution in [0.3, 0.4) is 0 Å². The molecule has 1 saturated carbocycles. The fourth-order valence-electron chi connectivity index (χ4n) is 13.2. The Labute approximate surface area is 558 Å². The summed E-state index contributed by atoms with van der Waals surface area (Å²) in [7, 11) is 4.44. The van der Waals surface area contributed by atoms with Gasteiger partial charge in [-0.2, -0.15) is 0 Å². The highest BCUT2D eigenvalue weighted by Crippen LogP contribution is 2.38. The van der Waals surface area contributed by atoms with E-state index >= 15 is 0 Å². The highest BCUT2D eigenvalue weighted by Gasteiger charge is 2.53. The maximum absolute atomic E-state index is 14.7. The lowest BCUT2D eigenvalue weighted by atomic mass is 9.80. The molecular weight excluding hydrogens is 1220 g/mol. The Morgan fingerprint density at radius 1 is 0.789 bits per heavy atom. The smallest absolute Gasteiger partial charge is 0.407 e. The number of cyclic esters (lactones) is 1. The number of allylic oxidation sites excluding steroid dienone is 6. The maximum Gasteiger partial charge on any atom is 0.407 e. The normalized spacial score (nSPS) is 32.2. The summed E-state index contributed by atoms with van der Waals surface area (Å²) in [6, 6.07) is -2.21. The zero-order valence-corrected chi connectivity index (χ0v) is 57.0. The van der Waals surface area contributed by atoms with E-state index in [1.54, 1.807) is 53.3 Å². The van der Waals surface area contributed by atoms with E-state index in [1.165, 1.54) is 26.6 Å². The molecule has 15 atom stereocenters. The maximum atomic E-state index is 14.7. The van der Waals surface area contributed by atoms with Gasteiger partial charge in [0.25, 0.3) is 17.6 Å². The number of piperidine rings is 1. The molecule has 0 aromatic carbocycles. The highest BCUT2D eigenvalue weighted by molar-refractivity contribution is 6.39. The van der Waals surface area contributed by atoms with Crippen molar-refractivity contribution in [1.29, 1.82) is 0 Å². The van der Waals surface area contributed by atoms with Crippen molar-refractivity contribution < 1.29 is 76.9 Å². The molecule has 0 unspecified atom stereocenters. The second kappa shape index (κ2) is 36.4. The summed E-state index contributed by atoms with van der Waals surface area (Å²) in [4.78, 5) is 121. The number of ether oxygens (including phenoxy) is 7. The van der Waals surface area contributed by atoms with Gasteiger partial charge in [0.2, 0.25) is 17.7 Å². The van der Waals surface area contributed by atoms with Gasteiger partial charge in [0.05, 0.1) is 30.5 Å². The second-order valence-corrected chi connectivity index (χ2v) is 26.1. The Hall–Kier alpha value is -6.91. The summed E-state index contributed by atoms with van der Waals surface area (Å²) in [6.07, 6.45) is 14.4. The highest BCUT2D eigenvalue weighted by atomic mass is 16.6. The number of carbonyl (C=O) groups is 7. The number of aliphatic hydroxyl groups is 2. The van der Waals surface area contributed by atoms with Gasteiger partial charge in [-0.25, -0.2) is 29.5 Å². The molecule has 26 nitrogen and oxygen atoms in total. The lowest BCUT2D eigenvalue weighted by molar-refractivity contribution is -0.265. The number of piperazine rings is 1. The molecule has 7 rings (SSSR count). The molecule has 6 heterocycles. The largest absolute Gasteiger partial charge is 0.459 e. The van der Waals surface area contributed by atoms with Crippen molar-refractivity contribution in [2.75, 3.05) is 83.6 Å². The number of esters is 1. The molecule has 2 bridgehead atoms. The second-order valence-electron chi connectivity index (χ2n) is 26.1. The molecule has 3 amide bonds. The van der Waals surface area contributed by atoms with Crippen LogP contribution in [0.1, 0.15) is 141 Å². The number of anilines is 2. The number of alkyl carbamates (subject to hydrolysis) is 1. The molecule has 524 valence electrons. The van der Waals surface area contributed by atoms with Crippen molar-refractivity contribution in [3.8, 4) is 0 Å². The van der Waals surface area contributed by atoms with Gasteiger partial charge in [-0.1, -0.05) is 64.2 Å². The summed E-state index contributed by atoms with van der Waals surface area (Å²) in [5.41, 5.74) is 9.23. The fourth-order valence-corrected chi connectivity index (χ4v) is 13.2. The van der Waals surface area contributed by atoms with Gasteiger partial charge in [-0.15, -0.1) is 0 Å². The van der Waals surface area contributed by atoms with Crippen LogP contribution < -0.4 is 26.2 Å². The van der Waals surface area contributed by atoms with E-state index in [0.717, 1.165) is 10.5 Å². The van der Waals surface area contributed by atoms with Gasteiger partial charge >= 0.3 is 12.1 Å². The topological polar surface area (TPSA) is 336 Å². The SMILES string of the molecule is CCOCCNC(=O)c1cnc(N2CCN(c3ncc(CNC(=O)O[C@@H]4CC[C@@H](C[C@@H](N)[C@@H]5CC(=O)[C@H](C)/C=C(\C)[C@@H](O)[C@@H](OC)C(=O)[C@H](C)C[C@H](C)/C=C/C=C/C=C(\C)[C@@H](OC)C[C@@H]6CC[C@@H](C)[C@@](O)(O6)C(=O)C(=O)N6CCCC[C@H]6C(=O)O5)C[C@H]4OC)cn3)CC2)nc1. The van der Waals surface area contributed by atoms with Crippen molar-refractivity contribution in [3.63, 3.8) is 0 Å². The predicted molar refractivity (Wildman–Crippen MR) is 352 cm³/mol. The molecule has 5 aliphatic rings. The number of methoxy groups -OCH3 is 3. The van der Waals surface area contributed by atoms with Crippen molar-refractivity contribution in [2.24, 2.45) is 35.3 Å². The number of nitrogens with two attached hydrogens (primary N) is 1. The molecule has 95 heavy (non-hydrogen) atoms. The minimum Gasteiger partial charge on any atom is -0.459 e. The Morgan fingerprint density at radius 2 is 1.47 bits per heavy atom. The number of aliphatic hydroxyl groups excluding tert-OH is 1. The Morgan fingerprint density at radius 3 is 2.13 bits per heavy atom. The number of Topliss-reactive ketones (excluding diaryl/α,β-unsaturated/α-hetero) is 3. The molecule has 0 spiro atoms. The number of nitrogens with zero attached hydrogens (tertiary/aromatic N) is 7. The first kappa shape index (κ1) is 75.5. The number of aromatic nitrogens is 4. The lowest BCUT2D eigenvalue weighted by Crippen LogP contribution is -2.61. The summed E-state index contributed by atoms with van der Waals surface area (Å²) in [6.45, 7) is 16.4. The van der Waals surface area contributed by atoms with Crippen LogP contribution in [0.25, 0.3) is 0 Å². The monoisotopic (exact) mass is 1330 g/mol. The van der Waals surface area contributed by atoms with Crippen molar-refractivity contribution in [2.45, 2.75) is 193 Å². The van der Waals surface area contributed by atoms with Gasteiger partial charge in [0.15, 0.2) is 5.78 Å². The van der Waals surface area contributed by atoms with Crippen LogP contribution in [0.4, 0.5) is 16.7 Å². The van der Waals surface area contributed by atoms with E-state index in [0.29, 0.717) is 126 Å². The predicted octanol–water partition coefficient (Wildman–Crippen LogP) is 5.48. The molecule has 2 aromatic heterocycles. The minimum atomic E-state index is -2.50. The van der Waals surface area contributed by atoms with Crippen LogP contribution >= 0.6 is 0 Å². The first-order valence-electron chi connectivity index (χ1n) is 33.7. The number of hydrogen-bond donors (Lipinski definition) is 5. The number of carbonyl (C=O) groups excluding carboxylic acids is 7. The zero-order valence-electron chi connectivity index (χ0n) is 57.0. The van der Waals surface area contributed by atoms with Gasteiger partial charge < -0.3 is 74.4 Å². The van der Waals surface area contributed by atoms with Gasteiger partial charge in [0.1, 0.15) is 36.2 Å². The van der Waals surface area contributed by atoms with E-state index in [2.05, 4.69) is 30.6 Å². The molecule has 4 fully saturated rings. The third-order valence-electron chi connectivity index (χ3n) is 19.1. The Kier molecular flexibility index (Phi) is 28.9. The summed E-state index contributed by atoms with van der Waals surface area (Å²) in [5, 5.41) is 29.3. The minimum absolute atomic E-state index is 0.0115. The Balaban J connectivity index is 0.999. The summed E-state index contributed by atoms with van der Waals surface area (Å²) in [5.74, 6) is -7.89. The van der Waals surface area contributed by atoms with E-state index in [1.807, 2.05) is 61.0 Å². The van der Waals surface area contributed by atoms with Crippen LogP contribution in [-0.4, -0.2) is 211 Å². The van der Waals surface area contributed by atoms with Crippen molar-refractivity contribution >= 4 is 53.1 Å². The van der Waals surface area contributed by atoms with Gasteiger partial charge in [0, 0.05) is 141 Å². The van der Waals surface area contributed by atoms with E-state index in [9.17, 15) is 43.8 Å². The number of fused-ring (bicyclic) bond motifs is 3. The van der Waals surface area contributed by atoms with E-state index < -0.39 is 108 Å². The number of hydrogen-bond acceptors (Lipinski definition) is 23. The quantitative estimate of drug-likeness (QED) is 0.0601. The van der Waals surface area contributed by atoms with E-state index in [-0.39, 0.29) is 62.3 Å². The molecule has 4 aliphatic heterocycles. The summed E-state index contributed by atoms with van der Waals surface area (Å²) < 4.78 is 41.1. The lowest BCUT2D eigenvalue weighted by Gasteiger charge is -2.42. The standard InChI is InChI=1S/C69H102N10O16/c1-11-92-30-24-71-63(84)50-40-74-67(75-41-50)78-28-26-77(27-29-78)66-72-37-49(38-73-66)39-76-68(87)94-55-23-21-48(34-58(55)90-9)33-52(70)57-36-54(80)44(4)32-46(6)60(82)61(91-10)59(81)45(5)31-42(2)17-13-12-14-18-43(3)56(89-8)35-51-22-20-47(7)69(88,95-51)62(83)64(85)79-25-16-15-19-53(79)65(86)93-57/h12-14,17-18,32,37-38,40-42,44-45,47-48,51-53,55-58,60-61,82,88H,11,15-16,19-31,33-36,39,70H2,1-10H3,(H,71,84)(H,76,87)/b14-12+,17-13+,43-18+,46-32+/t42-,44-,45-,47-,48+,51+,52-,53+,55-,56+,57+,58-,60-,61+,69-/m1/s1. The molecule has 26 heteroatoms. The molecule has 6 N–H and O–H groups in total. The fraction of sp³-hybridized carbons (Fsp3) is 0.667. The molecule has 3 saturated heterocycles. The first-order chi connectivity index (χ1) is 45.5. The van der Waals surface area contributed by atoms with Gasteiger partial charge in [-0.05, 0) is 108 Å². The average Bonchev–Trinajstić information content (AvgIpc) is 0.795. The summed E-state index contributed by atoms with van der Waals surface area (Å²) >= 11 is 0. The van der Waals surface area contributed by atoms with Crippen LogP contribution in [0.5, 0.6) is 0 Å². The number of ketones is 3. The van der Waals surface area contributed by atoms with Crippen molar-refractivity contribution in [1.82, 2.24) is 35.5 Å². The average molecular weight is 1330 g/mol. The molecule has 1 aliphatic carbocycles. The number of amides is 3. The number of nitrogens with one attached hydrogen (secondary N) is 2. The van der Waals surface area contributed by atoms with Crippen LogP contribution in [0.15, 0.2) is 72.4 Å². The Bertz CT molecular complexity index is 3010. The molecular formula is C69H102N10O16. The zero-order chi connectivity index (χ0) is 68.9. The number of rotatable bonds is 16.